The highest BCUT2D eigenvalue weighted by Crippen LogP contribution is 2.75. The van der Waals surface area contributed by atoms with E-state index in [-0.39, 0.29) is 52.5 Å². The molecule has 1 heterocycles. The van der Waals surface area contributed by atoms with Crippen LogP contribution in [0.3, 0.4) is 0 Å². The fraction of sp³-hybridized carbons (Fsp3) is 0.604. The van der Waals surface area contributed by atoms with E-state index < -0.39 is 57.7 Å². The molecule has 1 aromatic heterocycles. The standard InChI is InChI=1S/C53H67NO10/c1-9-10-29-54-46(58)63-41-22-23-50(5)40(53(41,8)45(57)60-32-39-33(2)61-47(59)62-39)21-24-52(7)43(50)38(55)30-36-37-31-49(4,26-25-48(37,3)27-28-51(36,52)6)44(56)64-42(34-17-13-11-14-18-34)35-19-15-12-16-20-35/h11-20,30,37,40-43H,9-10,21-29,31-32H2,1-8H3,(H,54,58)/t37-,40+,41-,43+,48+,49-,50-,51+,52+,53-/m0/s1. The number of nitrogens with one attached hydrogen (secondary N) is 1. The van der Waals surface area contributed by atoms with E-state index in [1.807, 2.05) is 80.6 Å². The summed E-state index contributed by atoms with van der Waals surface area (Å²) < 4.78 is 28.9. The van der Waals surface area contributed by atoms with E-state index in [2.05, 4.69) is 39.9 Å². The first-order valence-electron chi connectivity index (χ1n) is 23.6. The number of carbonyl (C=O) groups is 4. The van der Waals surface area contributed by atoms with Crippen molar-refractivity contribution in [2.45, 2.75) is 145 Å². The fourth-order valence-corrected chi connectivity index (χ4v) is 13.7. The zero-order valence-corrected chi connectivity index (χ0v) is 39.0. The van der Waals surface area contributed by atoms with E-state index in [1.165, 1.54) is 0 Å². The number of rotatable bonds is 11. The second-order valence-corrected chi connectivity index (χ2v) is 21.4. The maximum atomic E-state index is 15.3. The first-order chi connectivity index (χ1) is 30.3. The Balaban J connectivity index is 1.11. The number of ether oxygens (including phenoxy) is 3. The van der Waals surface area contributed by atoms with Crippen LogP contribution in [-0.4, -0.2) is 36.5 Å². The van der Waals surface area contributed by atoms with Crippen LogP contribution in [0, 0.1) is 57.2 Å². The van der Waals surface area contributed by atoms with Crippen molar-refractivity contribution in [2.75, 3.05) is 6.54 Å². The summed E-state index contributed by atoms with van der Waals surface area (Å²) in [5, 5.41) is 2.85. The highest BCUT2D eigenvalue weighted by molar-refractivity contribution is 5.96. The van der Waals surface area contributed by atoms with Gasteiger partial charge in [-0.15, -0.1) is 0 Å². The number of ketones is 1. The minimum absolute atomic E-state index is 0.00117. The summed E-state index contributed by atoms with van der Waals surface area (Å²) in [6, 6.07) is 19.8. The highest BCUT2D eigenvalue weighted by Gasteiger charge is 2.72. The van der Waals surface area contributed by atoms with E-state index >= 15 is 4.79 Å². The third kappa shape index (κ3) is 7.46. The van der Waals surface area contributed by atoms with Crippen molar-refractivity contribution < 1.29 is 42.2 Å². The number of carbonyl (C=O) groups excluding carboxylic acids is 4. The van der Waals surface area contributed by atoms with Crippen LogP contribution in [0.1, 0.15) is 148 Å². The molecule has 8 rings (SSSR count). The van der Waals surface area contributed by atoms with E-state index in [4.69, 9.17) is 23.0 Å². The molecule has 1 amide bonds. The van der Waals surface area contributed by atoms with Gasteiger partial charge in [-0.3, -0.25) is 14.4 Å². The Morgan fingerprint density at radius 3 is 2.09 bits per heavy atom. The lowest BCUT2D eigenvalue weighted by Gasteiger charge is -2.70. The summed E-state index contributed by atoms with van der Waals surface area (Å²) in [5.74, 6) is -2.07. The number of hydrogen-bond donors (Lipinski definition) is 1. The van der Waals surface area contributed by atoms with Crippen LogP contribution in [0.5, 0.6) is 0 Å². The molecule has 64 heavy (non-hydrogen) atoms. The Bertz CT molecular complexity index is 2310. The topological polar surface area (TPSA) is 151 Å². The molecule has 0 saturated heterocycles. The molecule has 1 N–H and O–H groups in total. The molecule has 0 aliphatic heterocycles. The maximum Gasteiger partial charge on any atom is 0.519 e. The molecule has 5 aliphatic rings. The second-order valence-electron chi connectivity index (χ2n) is 21.4. The zero-order chi connectivity index (χ0) is 45.9. The third-order valence-electron chi connectivity index (χ3n) is 17.8. The van der Waals surface area contributed by atoms with Crippen LogP contribution >= 0.6 is 0 Å². The average molecular weight is 878 g/mol. The van der Waals surface area contributed by atoms with Gasteiger partial charge in [-0.2, -0.15) is 0 Å². The number of aryl methyl sites for hydroxylation is 1. The number of amides is 1. The smallest absolute Gasteiger partial charge is 0.457 e. The molecule has 0 radical (unpaired) electrons. The van der Waals surface area contributed by atoms with Crippen molar-refractivity contribution in [3.8, 4) is 0 Å². The number of alkyl carbamates (subject to hydrolysis) is 1. The summed E-state index contributed by atoms with van der Waals surface area (Å²) in [6.45, 7) is 16.8. The normalized spacial score (nSPS) is 35.5. The van der Waals surface area contributed by atoms with E-state index in [9.17, 15) is 19.2 Å². The van der Waals surface area contributed by atoms with Gasteiger partial charge < -0.3 is 28.4 Å². The second kappa shape index (κ2) is 16.8. The largest absolute Gasteiger partial charge is 0.519 e. The number of unbranched alkanes of at least 4 members (excludes halogenated alkanes) is 1. The van der Waals surface area contributed by atoms with Crippen molar-refractivity contribution in [3.63, 3.8) is 0 Å². The molecule has 0 spiro atoms. The van der Waals surface area contributed by atoms with Gasteiger partial charge in [-0.05, 0) is 136 Å². The maximum absolute atomic E-state index is 15.3. The number of hydrogen-bond acceptors (Lipinski definition) is 10. The number of allylic oxidation sites excluding steroid dienone is 2. The lowest BCUT2D eigenvalue weighted by atomic mass is 9.33. The van der Waals surface area contributed by atoms with Crippen molar-refractivity contribution in [3.05, 3.63) is 106 Å². The Labute approximate surface area is 377 Å². The lowest BCUT2D eigenvalue weighted by molar-refractivity contribution is -0.218. The quantitative estimate of drug-likeness (QED) is 0.112. The Hall–Kier alpha value is -4.93. The summed E-state index contributed by atoms with van der Waals surface area (Å²) in [5.41, 5.74) is -0.664. The molecule has 0 bridgehead atoms. The number of benzene rings is 2. The predicted molar refractivity (Wildman–Crippen MR) is 240 cm³/mol. The average Bonchev–Trinajstić information content (AvgIpc) is 3.60. The van der Waals surface area contributed by atoms with E-state index in [0.717, 1.165) is 48.8 Å². The summed E-state index contributed by atoms with van der Waals surface area (Å²) in [7, 11) is 0. The number of fused-ring (bicyclic) bond motifs is 7. The van der Waals surface area contributed by atoms with Gasteiger partial charge in [-0.25, -0.2) is 9.59 Å². The van der Waals surface area contributed by atoms with Crippen LogP contribution in [0.15, 0.2) is 85.9 Å². The van der Waals surface area contributed by atoms with Gasteiger partial charge in [0.2, 0.25) is 0 Å². The minimum Gasteiger partial charge on any atom is -0.457 e. The van der Waals surface area contributed by atoms with Gasteiger partial charge in [-0.1, -0.05) is 107 Å². The van der Waals surface area contributed by atoms with Crippen LogP contribution in [0.25, 0.3) is 0 Å². The molecule has 4 fully saturated rings. The van der Waals surface area contributed by atoms with Crippen molar-refractivity contribution in [1.29, 1.82) is 0 Å². The fourth-order valence-electron chi connectivity index (χ4n) is 13.7. The number of esters is 2. The van der Waals surface area contributed by atoms with Crippen molar-refractivity contribution in [2.24, 2.45) is 50.2 Å². The van der Waals surface area contributed by atoms with Gasteiger partial charge >= 0.3 is 23.9 Å². The molecule has 4 saturated carbocycles. The summed E-state index contributed by atoms with van der Waals surface area (Å²) >= 11 is 0. The molecular formula is C53H67NO10. The van der Waals surface area contributed by atoms with Gasteiger partial charge in [0.15, 0.2) is 30.0 Å². The van der Waals surface area contributed by atoms with E-state index in [0.29, 0.717) is 45.1 Å². The van der Waals surface area contributed by atoms with Crippen LogP contribution < -0.4 is 11.1 Å². The van der Waals surface area contributed by atoms with Gasteiger partial charge in [0, 0.05) is 12.5 Å². The van der Waals surface area contributed by atoms with Crippen LogP contribution in [-0.2, 0) is 35.2 Å². The molecule has 10 atom stereocenters. The SMILES string of the molecule is CCCCNC(=O)O[C@H]1CC[C@@]2(C)[C@@H](CC[C@]3(C)[C@@H]2C(=O)C=C2[C@@H]4C[C@@](C)(C(=O)OC(c5ccccc5)c5ccccc5)CC[C@]4(C)CC[C@]23C)[C@]1(C)C(=O)OCc1oc(=O)oc1C. The first kappa shape index (κ1) is 45.6. The van der Waals surface area contributed by atoms with Gasteiger partial charge in [0.25, 0.3) is 0 Å². The van der Waals surface area contributed by atoms with Crippen molar-refractivity contribution >= 4 is 23.8 Å². The Morgan fingerprint density at radius 2 is 1.47 bits per heavy atom. The monoisotopic (exact) mass is 877 g/mol. The Kier molecular flexibility index (Phi) is 12.0. The predicted octanol–water partition coefficient (Wildman–Crippen LogP) is 10.8. The minimum atomic E-state index is -1.33. The zero-order valence-electron chi connectivity index (χ0n) is 39.0. The Morgan fingerprint density at radius 1 is 0.812 bits per heavy atom. The van der Waals surface area contributed by atoms with E-state index in [1.54, 1.807) is 6.92 Å². The molecule has 11 nitrogen and oxygen atoms in total. The van der Waals surface area contributed by atoms with Gasteiger partial charge in [0.1, 0.15) is 11.5 Å². The summed E-state index contributed by atoms with van der Waals surface area (Å²) in [6.07, 6.45) is 7.94. The molecule has 2 aromatic carbocycles. The molecule has 11 heteroatoms. The highest BCUT2D eigenvalue weighted by atomic mass is 16.6. The van der Waals surface area contributed by atoms with Crippen LogP contribution in [0.4, 0.5) is 4.79 Å². The molecule has 5 aliphatic carbocycles. The summed E-state index contributed by atoms with van der Waals surface area (Å²) in [4.78, 5) is 69.8. The lowest BCUT2D eigenvalue weighted by Crippen LogP contribution is -2.68. The molecule has 0 unspecified atom stereocenters. The van der Waals surface area contributed by atoms with Crippen LogP contribution in [0.2, 0.25) is 0 Å². The molecule has 344 valence electrons. The molecule has 3 aromatic rings. The molecular weight excluding hydrogens is 811 g/mol. The third-order valence-corrected chi connectivity index (χ3v) is 17.8. The van der Waals surface area contributed by atoms with Crippen molar-refractivity contribution in [1.82, 2.24) is 5.32 Å². The first-order valence-corrected chi connectivity index (χ1v) is 23.6. The van der Waals surface area contributed by atoms with Gasteiger partial charge in [0.05, 0.1) is 5.41 Å².